The van der Waals surface area contributed by atoms with Gasteiger partial charge in [-0.15, -0.1) is 0 Å². The molecule has 2 saturated carbocycles. The lowest BCUT2D eigenvalue weighted by Gasteiger charge is -2.32. The molecular weight excluding hydrogens is 236 g/mol. The number of nitrogens with two attached hydrogens (primary N) is 1. The van der Waals surface area contributed by atoms with E-state index in [4.69, 9.17) is 5.73 Å². The highest BCUT2D eigenvalue weighted by atomic mass is 16.2. The van der Waals surface area contributed by atoms with Gasteiger partial charge >= 0.3 is 0 Å². The average Bonchev–Trinajstić information content (AvgIpc) is 3.00. The first-order valence-corrected chi connectivity index (χ1v) is 8.14. The lowest BCUT2D eigenvalue weighted by atomic mass is 10.0. The monoisotopic (exact) mass is 266 g/mol. The van der Waals surface area contributed by atoms with Gasteiger partial charge in [-0.05, 0) is 44.4 Å². The van der Waals surface area contributed by atoms with Crippen LogP contribution in [0.25, 0.3) is 0 Å². The molecule has 2 unspecified atom stereocenters. The third-order valence-corrected chi connectivity index (χ3v) is 4.82. The number of nitrogens with zero attached hydrogens (tertiary/aromatic N) is 1. The Morgan fingerprint density at radius 3 is 2.42 bits per heavy atom. The highest BCUT2D eigenvalue weighted by Crippen LogP contribution is 2.30. The molecule has 19 heavy (non-hydrogen) atoms. The van der Waals surface area contributed by atoms with E-state index < -0.39 is 0 Å². The standard InChI is InChI=1S/C16H30N2O/c1-12(2)9-10-18(15-5-3-4-6-15)16(19)13-7-8-14(17)11-13/h12-15H,3-11,17H2,1-2H3. The number of amides is 1. The maximum Gasteiger partial charge on any atom is 0.225 e. The van der Waals surface area contributed by atoms with Gasteiger partial charge in [-0.3, -0.25) is 4.79 Å². The molecule has 2 fully saturated rings. The first kappa shape index (κ1) is 14.8. The maximum atomic E-state index is 12.8. The molecule has 3 heteroatoms. The molecule has 2 atom stereocenters. The molecule has 0 spiro atoms. The van der Waals surface area contributed by atoms with Crippen LogP contribution in [0.5, 0.6) is 0 Å². The number of hydrogen-bond donors (Lipinski definition) is 1. The molecule has 0 radical (unpaired) electrons. The lowest BCUT2D eigenvalue weighted by Crippen LogP contribution is -2.43. The maximum absolute atomic E-state index is 12.8. The fourth-order valence-corrected chi connectivity index (χ4v) is 3.56. The van der Waals surface area contributed by atoms with Crippen LogP contribution >= 0.6 is 0 Å². The SMILES string of the molecule is CC(C)CCN(C(=O)C1CCC(N)C1)C1CCCC1. The van der Waals surface area contributed by atoms with E-state index in [1.54, 1.807) is 0 Å². The second-order valence-corrected chi connectivity index (χ2v) is 6.92. The number of carbonyl (C=O) groups is 1. The summed E-state index contributed by atoms with van der Waals surface area (Å²) in [6.45, 7) is 5.43. The van der Waals surface area contributed by atoms with E-state index in [-0.39, 0.29) is 12.0 Å². The third kappa shape index (κ3) is 3.95. The van der Waals surface area contributed by atoms with Gasteiger partial charge in [0.05, 0.1) is 0 Å². The summed E-state index contributed by atoms with van der Waals surface area (Å²) in [7, 11) is 0. The Kier molecular flexibility index (Phi) is 5.26. The summed E-state index contributed by atoms with van der Waals surface area (Å²) in [5, 5.41) is 0. The van der Waals surface area contributed by atoms with Crippen molar-refractivity contribution in [3.63, 3.8) is 0 Å². The van der Waals surface area contributed by atoms with Crippen LogP contribution in [0.3, 0.4) is 0 Å². The van der Waals surface area contributed by atoms with Crippen LogP contribution in [0.15, 0.2) is 0 Å². The molecule has 2 aliphatic rings. The highest BCUT2D eigenvalue weighted by molar-refractivity contribution is 5.79. The van der Waals surface area contributed by atoms with Gasteiger partial charge in [-0.2, -0.15) is 0 Å². The van der Waals surface area contributed by atoms with E-state index in [0.717, 1.165) is 32.2 Å². The van der Waals surface area contributed by atoms with Crippen LogP contribution < -0.4 is 5.73 Å². The van der Waals surface area contributed by atoms with Crippen LogP contribution in [0.1, 0.15) is 65.2 Å². The van der Waals surface area contributed by atoms with Crippen LogP contribution in [0.2, 0.25) is 0 Å². The topological polar surface area (TPSA) is 46.3 Å². The van der Waals surface area contributed by atoms with Crippen molar-refractivity contribution in [2.45, 2.75) is 77.3 Å². The fourth-order valence-electron chi connectivity index (χ4n) is 3.56. The molecule has 0 aliphatic heterocycles. The number of rotatable bonds is 5. The minimum absolute atomic E-state index is 0.211. The van der Waals surface area contributed by atoms with Gasteiger partial charge in [0.1, 0.15) is 0 Å². The third-order valence-electron chi connectivity index (χ3n) is 4.82. The van der Waals surface area contributed by atoms with E-state index in [2.05, 4.69) is 18.7 Å². The predicted molar refractivity (Wildman–Crippen MR) is 78.7 cm³/mol. The molecule has 1 amide bonds. The summed E-state index contributed by atoms with van der Waals surface area (Å²) in [4.78, 5) is 15.0. The molecule has 110 valence electrons. The Morgan fingerprint density at radius 1 is 1.21 bits per heavy atom. The summed E-state index contributed by atoms with van der Waals surface area (Å²) >= 11 is 0. The summed E-state index contributed by atoms with van der Waals surface area (Å²) < 4.78 is 0. The Labute approximate surface area is 117 Å². The van der Waals surface area contributed by atoms with Crippen molar-refractivity contribution < 1.29 is 4.79 Å². The van der Waals surface area contributed by atoms with Gasteiger partial charge in [0, 0.05) is 24.5 Å². The first-order chi connectivity index (χ1) is 9.08. The number of carbonyl (C=O) groups excluding carboxylic acids is 1. The largest absolute Gasteiger partial charge is 0.339 e. The second-order valence-electron chi connectivity index (χ2n) is 6.92. The van der Waals surface area contributed by atoms with Gasteiger partial charge in [-0.1, -0.05) is 26.7 Å². The molecule has 2 N–H and O–H groups in total. The molecule has 0 saturated heterocycles. The molecule has 0 aromatic carbocycles. The van der Waals surface area contributed by atoms with E-state index in [9.17, 15) is 4.79 Å². The summed E-state index contributed by atoms with van der Waals surface area (Å²) in [6, 6.07) is 0.771. The zero-order valence-corrected chi connectivity index (χ0v) is 12.6. The van der Waals surface area contributed by atoms with Crippen molar-refractivity contribution in [2.75, 3.05) is 6.54 Å². The predicted octanol–water partition coefficient (Wildman–Crippen LogP) is 2.93. The van der Waals surface area contributed by atoms with Gasteiger partial charge in [0.2, 0.25) is 5.91 Å². The van der Waals surface area contributed by atoms with Crippen molar-refractivity contribution in [2.24, 2.45) is 17.6 Å². The normalized spacial score (nSPS) is 28.2. The van der Waals surface area contributed by atoms with Crippen molar-refractivity contribution in [3.8, 4) is 0 Å². The van der Waals surface area contributed by atoms with Gasteiger partial charge in [0.15, 0.2) is 0 Å². The van der Waals surface area contributed by atoms with E-state index in [0.29, 0.717) is 17.9 Å². The Morgan fingerprint density at radius 2 is 1.89 bits per heavy atom. The van der Waals surface area contributed by atoms with E-state index >= 15 is 0 Å². The van der Waals surface area contributed by atoms with Crippen LogP contribution in [-0.4, -0.2) is 29.4 Å². The quantitative estimate of drug-likeness (QED) is 0.831. The smallest absolute Gasteiger partial charge is 0.225 e. The minimum atomic E-state index is 0.211. The molecule has 2 aliphatic carbocycles. The minimum Gasteiger partial charge on any atom is -0.339 e. The van der Waals surface area contributed by atoms with Crippen LogP contribution in [0.4, 0.5) is 0 Å². The van der Waals surface area contributed by atoms with Crippen molar-refractivity contribution in [1.29, 1.82) is 0 Å². The average molecular weight is 266 g/mol. The molecule has 0 aromatic rings. The van der Waals surface area contributed by atoms with Gasteiger partial charge < -0.3 is 10.6 Å². The zero-order valence-electron chi connectivity index (χ0n) is 12.6. The van der Waals surface area contributed by atoms with Crippen molar-refractivity contribution in [3.05, 3.63) is 0 Å². The molecular formula is C16H30N2O. The first-order valence-electron chi connectivity index (χ1n) is 8.14. The molecule has 0 bridgehead atoms. The van der Waals surface area contributed by atoms with Gasteiger partial charge in [-0.25, -0.2) is 0 Å². The van der Waals surface area contributed by atoms with Gasteiger partial charge in [0.25, 0.3) is 0 Å². The van der Waals surface area contributed by atoms with E-state index in [1.807, 2.05) is 0 Å². The zero-order chi connectivity index (χ0) is 13.8. The Balaban J connectivity index is 1.96. The lowest BCUT2D eigenvalue weighted by molar-refractivity contribution is -0.137. The molecule has 0 aromatic heterocycles. The molecule has 0 heterocycles. The summed E-state index contributed by atoms with van der Waals surface area (Å²) in [6.07, 6.45) is 9.07. The fraction of sp³-hybridized carbons (Fsp3) is 0.938. The van der Waals surface area contributed by atoms with Crippen molar-refractivity contribution >= 4 is 5.91 Å². The van der Waals surface area contributed by atoms with Crippen molar-refractivity contribution in [1.82, 2.24) is 4.90 Å². The highest BCUT2D eigenvalue weighted by Gasteiger charge is 2.34. The molecule has 3 nitrogen and oxygen atoms in total. The van der Waals surface area contributed by atoms with Crippen LogP contribution in [-0.2, 0) is 4.79 Å². The Bertz CT molecular complexity index is 297. The summed E-state index contributed by atoms with van der Waals surface area (Å²) in [5.74, 6) is 1.28. The van der Waals surface area contributed by atoms with Crippen LogP contribution in [0, 0.1) is 11.8 Å². The Hall–Kier alpha value is -0.570. The summed E-state index contributed by atoms with van der Waals surface area (Å²) in [5.41, 5.74) is 5.97. The molecule has 2 rings (SSSR count). The second kappa shape index (κ2) is 6.74. The van der Waals surface area contributed by atoms with E-state index in [1.165, 1.54) is 25.7 Å². The number of hydrogen-bond acceptors (Lipinski definition) is 2.